The van der Waals surface area contributed by atoms with Crippen LogP contribution in [-0.4, -0.2) is 41.5 Å². The Labute approximate surface area is 154 Å². The molecule has 3 aliphatic rings. The van der Waals surface area contributed by atoms with E-state index in [1.807, 2.05) is 0 Å². The van der Waals surface area contributed by atoms with Crippen LogP contribution in [0, 0.1) is 23.7 Å². The zero-order valence-corrected chi connectivity index (χ0v) is 15.3. The highest BCUT2D eigenvalue weighted by atomic mass is 16.4. The minimum Gasteiger partial charge on any atom is -0.481 e. The molecule has 0 radical (unpaired) electrons. The van der Waals surface area contributed by atoms with E-state index in [4.69, 9.17) is 10.8 Å². The summed E-state index contributed by atoms with van der Waals surface area (Å²) in [5.74, 6) is -0.279. The van der Waals surface area contributed by atoms with Gasteiger partial charge in [0.15, 0.2) is 0 Å². The largest absolute Gasteiger partial charge is 0.481 e. The number of nitrogens with two attached hydrogens (primary N) is 1. The quantitative estimate of drug-likeness (QED) is 0.560. The Hall–Kier alpha value is -1.63. The fourth-order valence-corrected chi connectivity index (χ4v) is 5.23. The second-order valence-corrected chi connectivity index (χ2v) is 8.35. The van der Waals surface area contributed by atoms with E-state index in [1.54, 1.807) is 0 Å². The van der Waals surface area contributed by atoms with Crippen molar-refractivity contribution >= 4 is 17.8 Å². The molecule has 2 aliphatic carbocycles. The van der Waals surface area contributed by atoms with Gasteiger partial charge in [0.2, 0.25) is 11.8 Å². The Morgan fingerprint density at radius 3 is 2.77 bits per heavy atom. The molecule has 2 saturated carbocycles. The molecule has 5 N–H and O–H groups in total. The summed E-state index contributed by atoms with van der Waals surface area (Å²) in [6, 6.07) is 0.252. The number of fused-ring (bicyclic) bond motifs is 1. The average molecular weight is 365 g/mol. The van der Waals surface area contributed by atoms with Gasteiger partial charge in [-0.25, -0.2) is 0 Å². The number of rotatable bonds is 6. The van der Waals surface area contributed by atoms with Crippen LogP contribution in [0.25, 0.3) is 0 Å². The van der Waals surface area contributed by atoms with Crippen LogP contribution in [0.4, 0.5) is 0 Å². The fourth-order valence-electron chi connectivity index (χ4n) is 5.23. The third kappa shape index (κ3) is 4.55. The van der Waals surface area contributed by atoms with E-state index in [0.29, 0.717) is 37.3 Å². The second-order valence-electron chi connectivity index (χ2n) is 8.35. The number of hydrogen-bond donors (Lipinski definition) is 4. The summed E-state index contributed by atoms with van der Waals surface area (Å²) in [6.45, 7) is 0.525. The van der Waals surface area contributed by atoms with Gasteiger partial charge >= 0.3 is 5.97 Å². The minimum absolute atomic E-state index is 0.0427. The van der Waals surface area contributed by atoms with Crippen molar-refractivity contribution in [2.45, 2.75) is 69.9 Å². The Kier molecular flexibility index (Phi) is 6.16. The molecule has 146 valence electrons. The topological polar surface area (TPSA) is 122 Å². The Morgan fingerprint density at radius 1 is 1.19 bits per heavy atom. The number of nitrogens with one attached hydrogen (secondary N) is 2. The predicted molar refractivity (Wildman–Crippen MR) is 96.1 cm³/mol. The molecule has 0 bridgehead atoms. The van der Waals surface area contributed by atoms with Crippen LogP contribution in [-0.2, 0) is 14.4 Å². The Balaban J connectivity index is 1.43. The summed E-state index contributed by atoms with van der Waals surface area (Å²) in [6.07, 6.45) is 7.44. The lowest BCUT2D eigenvalue weighted by Crippen LogP contribution is -2.45. The van der Waals surface area contributed by atoms with Crippen LogP contribution in [0.3, 0.4) is 0 Å². The minimum atomic E-state index is -0.946. The van der Waals surface area contributed by atoms with Crippen molar-refractivity contribution in [2.75, 3.05) is 6.54 Å². The molecule has 1 aliphatic heterocycles. The van der Waals surface area contributed by atoms with Crippen molar-refractivity contribution < 1.29 is 19.5 Å². The lowest BCUT2D eigenvalue weighted by atomic mass is 9.64. The van der Waals surface area contributed by atoms with Crippen molar-refractivity contribution in [3.05, 3.63) is 0 Å². The summed E-state index contributed by atoms with van der Waals surface area (Å²) in [5, 5.41) is 14.7. The predicted octanol–water partition coefficient (Wildman–Crippen LogP) is 1.02. The average Bonchev–Trinajstić information content (AvgIpc) is 2.92. The number of carbonyl (C=O) groups is 3. The maximum Gasteiger partial charge on any atom is 0.304 e. The number of hydrogen-bond acceptors (Lipinski definition) is 4. The van der Waals surface area contributed by atoms with Gasteiger partial charge in [-0.1, -0.05) is 12.8 Å². The van der Waals surface area contributed by atoms with Gasteiger partial charge in [0.05, 0.1) is 12.3 Å². The van der Waals surface area contributed by atoms with Gasteiger partial charge in [0, 0.05) is 24.5 Å². The van der Waals surface area contributed by atoms with Gasteiger partial charge in [-0.3, -0.25) is 14.4 Å². The molecule has 1 saturated heterocycles. The maximum atomic E-state index is 12.7. The van der Waals surface area contributed by atoms with E-state index in [-0.39, 0.29) is 30.2 Å². The highest BCUT2D eigenvalue weighted by molar-refractivity contribution is 5.85. The summed E-state index contributed by atoms with van der Waals surface area (Å²) in [7, 11) is 0. The molecule has 3 rings (SSSR count). The molecule has 7 nitrogen and oxygen atoms in total. The lowest BCUT2D eigenvalue weighted by Gasteiger charge is -2.42. The standard InChI is InChI=1S/C19H31N3O4/c20-13-4-5-15-11(8-13)2-1-3-16(15)19(26)21-7-6-14-9-12(10-17(23)24)18(25)22-14/h11-16H,1-10,20H2,(H,21,26)(H,22,25)(H,23,24)/t11?,12-,13?,14+,15?,16?/m0/s1. The van der Waals surface area contributed by atoms with Gasteiger partial charge in [0.1, 0.15) is 0 Å². The van der Waals surface area contributed by atoms with Crippen molar-refractivity contribution in [1.29, 1.82) is 0 Å². The number of amides is 2. The van der Waals surface area contributed by atoms with E-state index in [2.05, 4.69) is 10.6 Å². The monoisotopic (exact) mass is 365 g/mol. The number of carboxylic acid groups (broad SMARTS) is 1. The molecule has 0 aromatic rings. The molecular weight excluding hydrogens is 334 g/mol. The third-order valence-electron chi connectivity index (χ3n) is 6.52. The molecule has 1 heterocycles. The van der Waals surface area contributed by atoms with Crippen molar-refractivity contribution in [2.24, 2.45) is 29.4 Å². The first-order valence-electron chi connectivity index (χ1n) is 9.99. The number of aliphatic carboxylic acids is 1. The van der Waals surface area contributed by atoms with Crippen LogP contribution < -0.4 is 16.4 Å². The van der Waals surface area contributed by atoms with E-state index in [0.717, 1.165) is 32.1 Å². The second kappa shape index (κ2) is 8.37. The fraction of sp³-hybridized carbons (Fsp3) is 0.842. The van der Waals surface area contributed by atoms with Crippen molar-refractivity contribution in [3.63, 3.8) is 0 Å². The first-order chi connectivity index (χ1) is 12.4. The van der Waals surface area contributed by atoms with E-state index in [9.17, 15) is 14.4 Å². The van der Waals surface area contributed by atoms with E-state index >= 15 is 0 Å². The molecule has 4 unspecified atom stereocenters. The van der Waals surface area contributed by atoms with Crippen molar-refractivity contribution in [1.82, 2.24) is 10.6 Å². The Morgan fingerprint density at radius 2 is 2.00 bits per heavy atom. The van der Waals surface area contributed by atoms with E-state index < -0.39 is 11.9 Å². The molecule has 2 amide bonds. The van der Waals surface area contributed by atoms with Crippen LogP contribution in [0.15, 0.2) is 0 Å². The first kappa shape index (κ1) is 19.1. The molecule has 3 fully saturated rings. The summed E-state index contributed by atoms with van der Waals surface area (Å²) < 4.78 is 0. The molecule has 0 aromatic carbocycles. The van der Waals surface area contributed by atoms with Gasteiger partial charge in [-0.15, -0.1) is 0 Å². The van der Waals surface area contributed by atoms with Gasteiger partial charge < -0.3 is 21.5 Å². The number of carbonyl (C=O) groups excluding carboxylic acids is 2. The third-order valence-corrected chi connectivity index (χ3v) is 6.52. The normalized spacial score (nSPS) is 36.9. The van der Waals surface area contributed by atoms with Crippen LogP contribution in [0.1, 0.15) is 57.8 Å². The maximum absolute atomic E-state index is 12.7. The highest BCUT2D eigenvalue weighted by Gasteiger charge is 2.40. The zero-order chi connectivity index (χ0) is 18.7. The molecular formula is C19H31N3O4. The zero-order valence-electron chi connectivity index (χ0n) is 15.3. The highest BCUT2D eigenvalue weighted by Crippen LogP contribution is 2.43. The van der Waals surface area contributed by atoms with Crippen LogP contribution in [0.5, 0.6) is 0 Å². The smallest absolute Gasteiger partial charge is 0.304 e. The summed E-state index contributed by atoms with van der Waals surface area (Å²) >= 11 is 0. The van der Waals surface area contributed by atoms with Gasteiger partial charge in [-0.05, 0) is 50.4 Å². The number of carboxylic acids is 1. The van der Waals surface area contributed by atoms with Gasteiger partial charge in [-0.2, -0.15) is 0 Å². The molecule has 26 heavy (non-hydrogen) atoms. The van der Waals surface area contributed by atoms with Crippen molar-refractivity contribution in [3.8, 4) is 0 Å². The SMILES string of the molecule is NC1CCC2C(CCCC2C(=O)NCC[C@@H]2C[C@@H](CC(=O)O)C(=O)N2)C1. The first-order valence-corrected chi connectivity index (χ1v) is 9.99. The lowest BCUT2D eigenvalue weighted by molar-refractivity contribution is -0.140. The molecule has 0 aromatic heterocycles. The Bertz CT molecular complexity index is 553. The molecule has 0 spiro atoms. The van der Waals surface area contributed by atoms with Gasteiger partial charge in [0.25, 0.3) is 0 Å². The molecule has 6 atom stereocenters. The van der Waals surface area contributed by atoms with E-state index in [1.165, 1.54) is 6.42 Å². The van der Waals surface area contributed by atoms with Crippen LogP contribution >= 0.6 is 0 Å². The summed E-state index contributed by atoms with van der Waals surface area (Å²) in [5.41, 5.74) is 6.09. The van der Waals surface area contributed by atoms with Crippen LogP contribution in [0.2, 0.25) is 0 Å². The summed E-state index contributed by atoms with van der Waals surface area (Å²) in [4.78, 5) is 35.2. The molecule has 7 heteroatoms.